The van der Waals surface area contributed by atoms with Gasteiger partial charge in [-0.25, -0.2) is 21.9 Å². The van der Waals surface area contributed by atoms with E-state index in [1.54, 1.807) is 0 Å². The number of carboxylic acid groups (broad SMARTS) is 1. The number of sulfonamides is 1. The molecule has 5 nitrogen and oxygen atoms in total. The zero-order chi connectivity index (χ0) is 13.8. The molecule has 0 bridgehead atoms. The van der Waals surface area contributed by atoms with E-state index in [4.69, 9.17) is 5.11 Å². The molecule has 8 heteroatoms. The molecule has 0 aliphatic rings. The lowest BCUT2D eigenvalue weighted by atomic mass is 10.3. The van der Waals surface area contributed by atoms with Crippen molar-refractivity contribution in [2.75, 3.05) is 6.54 Å². The Hall–Kier alpha value is -1.54. The number of hydrogen-bond donors (Lipinski definition) is 2. The molecule has 18 heavy (non-hydrogen) atoms. The molecule has 0 fully saturated rings. The van der Waals surface area contributed by atoms with Crippen molar-refractivity contribution in [2.24, 2.45) is 0 Å². The predicted octanol–water partition coefficient (Wildman–Crippen LogP) is 1.11. The number of carbonyl (C=O) groups is 1. The summed E-state index contributed by atoms with van der Waals surface area (Å²) >= 11 is 0. The summed E-state index contributed by atoms with van der Waals surface area (Å²) in [5.74, 6) is -3.47. The Morgan fingerprint density at radius 2 is 1.83 bits per heavy atom. The van der Waals surface area contributed by atoms with Crippen molar-refractivity contribution in [1.82, 2.24) is 4.72 Å². The van der Waals surface area contributed by atoms with E-state index in [2.05, 4.69) is 0 Å². The number of hydrogen-bond acceptors (Lipinski definition) is 3. The van der Waals surface area contributed by atoms with Crippen LogP contribution in [0.4, 0.5) is 8.78 Å². The first-order valence-corrected chi connectivity index (χ1v) is 6.48. The van der Waals surface area contributed by atoms with E-state index in [0.717, 1.165) is 18.2 Å². The largest absolute Gasteiger partial charge is 0.481 e. The molecule has 0 spiro atoms. The van der Waals surface area contributed by atoms with Gasteiger partial charge in [0.05, 0.1) is 0 Å². The van der Waals surface area contributed by atoms with E-state index >= 15 is 0 Å². The molecule has 0 saturated carbocycles. The Labute approximate surface area is 102 Å². The third kappa shape index (κ3) is 3.74. The van der Waals surface area contributed by atoms with Gasteiger partial charge in [0.1, 0.15) is 11.6 Å². The van der Waals surface area contributed by atoms with Gasteiger partial charge in [0, 0.05) is 13.0 Å². The van der Waals surface area contributed by atoms with Crippen LogP contribution in [0.5, 0.6) is 0 Å². The Morgan fingerprint density at radius 3 is 2.33 bits per heavy atom. The number of aliphatic carboxylic acids is 1. The fourth-order valence-electron chi connectivity index (χ4n) is 1.26. The number of benzene rings is 1. The quantitative estimate of drug-likeness (QED) is 0.764. The van der Waals surface area contributed by atoms with E-state index < -0.39 is 32.5 Å². The second-order valence-electron chi connectivity index (χ2n) is 3.45. The molecule has 1 aromatic rings. The van der Waals surface area contributed by atoms with Gasteiger partial charge in [0.25, 0.3) is 0 Å². The summed E-state index contributed by atoms with van der Waals surface area (Å²) in [5.41, 5.74) is 0. The summed E-state index contributed by atoms with van der Waals surface area (Å²) in [4.78, 5) is 9.15. The number of halogens is 2. The van der Waals surface area contributed by atoms with Gasteiger partial charge in [-0.3, -0.25) is 4.79 Å². The summed E-state index contributed by atoms with van der Waals surface area (Å²) in [5, 5.41) is 8.35. The molecular formula is C10H11F2NO4S. The maximum atomic E-state index is 13.2. The van der Waals surface area contributed by atoms with Crippen molar-refractivity contribution in [3.8, 4) is 0 Å². The summed E-state index contributed by atoms with van der Waals surface area (Å²) < 4.78 is 51.6. The van der Waals surface area contributed by atoms with Gasteiger partial charge in [0.15, 0.2) is 4.90 Å². The Bertz CT molecular complexity index is 525. The fourth-order valence-corrected chi connectivity index (χ4v) is 2.46. The lowest BCUT2D eigenvalue weighted by molar-refractivity contribution is -0.137. The van der Waals surface area contributed by atoms with Crippen molar-refractivity contribution >= 4 is 16.0 Å². The molecule has 0 atom stereocenters. The van der Waals surface area contributed by atoms with Crippen molar-refractivity contribution < 1.29 is 27.1 Å². The molecule has 0 aliphatic heterocycles. The van der Waals surface area contributed by atoms with Gasteiger partial charge in [-0.05, 0) is 18.6 Å². The summed E-state index contributed by atoms with van der Waals surface area (Å²) in [7, 11) is -4.31. The summed E-state index contributed by atoms with van der Waals surface area (Å²) in [6, 6.07) is 2.71. The van der Waals surface area contributed by atoms with Gasteiger partial charge in [0.2, 0.25) is 10.0 Å². The lowest BCUT2D eigenvalue weighted by Gasteiger charge is -2.07. The minimum atomic E-state index is -4.31. The molecule has 1 rings (SSSR count). The van der Waals surface area contributed by atoms with Crippen LogP contribution < -0.4 is 4.72 Å². The van der Waals surface area contributed by atoms with Crippen LogP contribution in [0.25, 0.3) is 0 Å². The monoisotopic (exact) mass is 279 g/mol. The van der Waals surface area contributed by atoms with Gasteiger partial charge in [-0.1, -0.05) is 6.07 Å². The third-order valence-electron chi connectivity index (χ3n) is 2.05. The van der Waals surface area contributed by atoms with Crippen LogP contribution in [0, 0.1) is 11.6 Å². The number of carboxylic acids is 1. The maximum Gasteiger partial charge on any atom is 0.303 e. The van der Waals surface area contributed by atoms with Gasteiger partial charge in [-0.15, -0.1) is 0 Å². The third-order valence-corrected chi connectivity index (χ3v) is 3.56. The first kappa shape index (κ1) is 14.5. The van der Waals surface area contributed by atoms with E-state index in [0.29, 0.717) is 0 Å². The van der Waals surface area contributed by atoms with Crippen LogP contribution in [0.3, 0.4) is 0 Å². The molecule has 0 unspecified atom stereocenters. The molecule has 0 heterocycles. The Morgan fingerprint density at radius 1 is 1.28 bits per heavy atom. The molecule has 0 saturated heterocycles. The Kier molecular flexibility index (Phi) is 4.74. The first-order valence-electron chi connectivity index (χ1n) is 5.00. The maximum absolute atomic E-state index is 13.2. The highest BCUT2D eigenvalue weighted by Gasteiger charge is 2.23. The Balaban J connectivity index is 2.78. The normalized spacial score (nSPS) is 11.4. The summed E-state index contributed by atoms with van der Waals surface area (Å²) in [6.45, 7) is -0.206. The molecule has 0 aromatic heterocycles. The lowest BCUT2D eigenvalue weighted by Crippen LogP contribution is -2.27. The second kappa shape index (κ2) is 5.87. The van der Waals surface area contributed by atoms with Gasteiger partial charge < -0.3 is 5.11 Å². The van der Waals surface area contributed by atoms with E-state index in [1.807, 2.05) is 4.72 Å². The highest BCUT2D eigenvalue weighted by atomic mass is 32.2. The second-order valence-corrected chi connectivity index (χ2v) is 5.15. The van der Waals surface area contributed by atoms with Crippen molar-refractivity contribution in [3.05, 3.63) is 29.8 Å². The minimum absolute atomic E-state index is 0.0324. The SMILES string of the molecule is O=C(O)CCCNS(=O)(=O)c1c(F)cccc1F. The molecule has 1 aromatic carbocycles. The van der Waals surface area contributed by atoms with Crippen molar-refractivity contribution in [3.63, 3.8) is 0 Å². The average molecular weight is 279 g/mol. The predicted molar refractivity (Wildman–Crippen MR) is 58.4 cm³/mol. The highest BCUT2D eigenvalue weighted by Crippen LogP contribution is 2.17. The summed E-state index contributed by atoms with van der Waals surface area (Å²) in [6.07, 6.45) is -0.201. The standard InChI is InChI=1S/C10H11F2NO4S/c11-7-3-1-4-8(12)10(7)18(16,17)13-6-2-5-9(14)15/h1,3-4,13H,2,5-6H2,(H,14,15). The average Bonchev–Trinajstić information content (AvgIpc) is 2.23. The van der Waals surface area contributed by atoms with Crippen LogP contribution in [0.2, 0.25) is 0 Å². The van der Waals surface area contributed by atoms with Gasteiger partial charge in [-0.2, -0.15) is 0 Å². The van der Waals surface area contributed by atoms with Crippen LogP contribution in [-0.2, 0) is 14.8 Å². The molecule has 2 N–H and O–H groups in total. The van der Waals surface area contributed by atoms with Crippen molar-refractivity contribution in [2.45, 2.75) is 17.7 Å². The van der Waals surface area contributed by atoms with Crippen molar-refractivity contribution in [1.29, 1.82) is 0 Å². The highest BCUT2D eigenvalue weighted by molar-refractivity contribution is 7.89. The van der Waals surface area contributed by atoms with Crippen LogP contribution in [-0.4, -0.2) is 26.0 Å². The number of rotatable bonds is 6. The van der Waals surface area contributed by atoms with E-state index in [-0.39, 0.29) is 19.4 Å². The molecule has 0 aliphatic carbocycles. The van der Waals surface area contributed by atoms with Gasteiger partial charge >= 0.3 is 5.97 Å². The van der Waals surface area contributed by atoms with Crippen LogP contribution >= 0.6 is 0 Å². The smallest absolute Gasteiger partial charge is 0.303 e. The molecule has 0 amide bonds. The number of nitrogens with one attached hydrogen (secondary N) is 1. The first-order chi connectivity index (χ1) is 8.34. The van der Waals surface area contributed by atoms with E-state index in [9.17, 15) is 22.0 Å². The fraction of sp³-hybridized carbons (Fsp3) is 0.300. The van der Waals surface area contributed by atoms with Crippen LogP contribution in [0.1, 0.15) is 12.8 Å². The molecular weight excluding hydrogens is 268 g/mol. The molecule has 100 valence electrons. The zero-order valence-electron chi connectivity index (χ0n) is 9.19. The molecule has 0 radical (unpaired) electrons. The minimum Gasteiger partial charge on any atom is -0.481 e. The topological polar surface area (TPSA) is 83.5 Å². The van der Waals surface area contributed by atoms with Crippen LogP contribution in [0.15, 0.2) is 23.1 Å². The van der Waals surface area contributed by atoms with E-state index in [1.165, 1.54) is 0 Å². The zero-order valence-corrected chi connectivity index (χ0v) is 10.0.